The molecule has 0 unspecified atom stereocenters. The second-order valence-corrected chi connectivity index (χ2v) is 9.46. The first-order chi connectivity index (χ1) is 18.2. The lowest BCUT2D eigenvalue weighted by molar-refractivity contribution is -0.136. The van der Waals surface area contributed by atoms with Crippen LogP contribution in [-0.2, 0) is 12.7 Å². The van der Waals surface area contributed by atoms with E-state index in [-0.39, 0.29) is 22.2 Å². The number of nitrogens with one attached hydrogen (secondary N) is 1. The summed E-state index contributed by atoms with van der Waals surface area (Å²) in [7, 11) is 0. The fourth-order valence-electron chi connectivity index (χ4n) is 4.33. The number of pyridine rings is 1. The molecule has 5 rings (SSSR count). The molecular formula is C30H19Cl2F3N2O. The highest BCUT2D eigenvalue weighted by atomic mass is 35.5. The molecule has 0 aliphatic rings. The molecule has 4 aromatic carbocycles. The van der Waals surface area contributed by atoms with Crippen LogP contribution in [0.15, 0.2) is 97.2 Å². The van der Waals surface area contributed by atoms with Crippen LogP contribution in [0.4, 0.5) is 18.9 Å². The molecule has 0 fully saturated rings. The van der Waals surface area contributed by atoms with Gasteiger partial charge >= 0.3 is 6.18 Å². The van der Waals surface area contributed by atoms with Crippen molar-refractivity contribution < 1.29 is 18.0 Å². The molecule has 5 aromatic rings. The van der Waals surface area contributed by atoms with Gasteiger partial charge in [0, 0.05) is 50.6 Å². The summed E-state index contributed by atoms with van der Waals surface area (Å²) >= 11 is 12.3. The number of nitrogens with zero attached hydrogens (tertiary/aromatic N) is 1. The number of hydrogen-bond acceptors (Lipinski definition) is 3. The molecule has 3 nitrogen and oxygen atoms in total. The van der Waals surface area contributed by atoms with Crippen molar-refractivity contribution in [1.29, 1.82) is 0 Å². The minimum atomic E-state index is -4.60. The molecule has 0 aliphatic heterocycles. The Hall–Kier alpha value is -3.87. The molecule has 0 atom stereocenters. The molecule has 8 heteroatoms. The number of alkyl halides is 3. The third-order valence-electron chi connectivity index (χ3n) is 6.13. The lowest BCUT2D eigenvalue weighted by Gasteiger charge is -2.17. The monoisotopic (exact) mass is 550 g/mol. The van der Waals surface area contributed by atoms with Crippen molar-refractivity contribution in [2.45, 2.75) is 12.7 Å². The van der Waals surface area contributed by atoms with Gasteiger partial charge in [0.25, 0.3) is 0 Å². The van der Waals surface area contributed by atoms with Gasteiger partial charge in [0.1, 0.15) is 0 Å². The summed E-state index contributed by atoms with van der Waals surface area (Å²) in [6.07, 6.45) is -3.37. The normalized spacial score (nSPS) is 11.5. The number of para-hydroxylation sites is 1. The number of halogens is 5. The van der Waals surface area contributed by atoms with Gasteiger partial charge < -0.3 is 5.32 Å². The summed E-state index contributed by atoms with van der Waals surface area (Å²) in [5.74, 6) is -0.335. The molecular weight excluding hydrogens is 532 g/mol. The molecule has 1 N–H and O–H groups in total. The number of rotatable bonds is 6. The highest BCUT2D eigenvalue weighted by Crippen LogP contribution is 2.39. The SMILES string of the molecule is O=C(c1ccccc1)c1cnc2c(C(F)(F)F)cccc2c1-c1cccc(NCc2ccc(Cl)cc2Cl)c1. The second kappa shape index (κ2) is 10.5. The van der Waals surface area contributed by atoms with Gasteiger partial charge in [-0.05, 0) is 41.5 Å². The van der Waals surface area contributed by atoms with Gasteiger partial charge in [-0.2, -0.15) is 13.2 Å². The summed E-state index contributed by atoms with van der Waals surface area (Å²) < 4.78 is 41.5. The van der Waals surface area contributed by atoms with Crippen molar-refractivity contribution in [3.63, 3.8) is 0 Å². The van der Waals surface area contributed by atoms with Crippen LogP contribution in [0, 0.1) is 0 Å². The molecule has 1 heterocycles. The molecule has 0 spiro atoms. The summed E-state index contributed by atoms with van der Waals surface area (Å²) in [4.78, 5) is 17.6. The Morgan fingerprint density at radius 1 is 0.868 bits per heavy atom. The largest absolute Gasteiger partial charge is 0.418 e. The Labute approximate surface area is 226 Å². The molecule has 190 valence electrons. The van der Waals surface area contributed by atoms with Gasteiger partial charge in [-0.25, -0.2) is 0 Å². The number of carbonyl (C=O) groups is 1. The van der Waals surface area contributed by atoms with Crippen molar-refractivity contribution in [2.24, 2.45) is 0 Å². The highest BCUT2D eigenvalue weighted by Gasteiger charge is 2.34. The van der Waals surface area contributed by atoms with E-state index in [2.05, 4.69) is 10.3 Å². The quantitative estimate of drug-likeness (QED) is 0.214. The Kier molecular flexibility index (Phi) is 7.11. The minimum absolute atomic E-state index is 0.209. The zero-order valence-electron chi connectivity index (χ0n) is 19.7. The molecule has 38 heavy (non-hydrogen) atoms. The van der Waals surface area contributed by atoms with E-state index in [1.807, 2.05) is 12.1 Å². The van der Waals surface area contributed by atoms with Gasteiger partial charge in [-0.15, -0.1) is 0 Å². The van der Waals surface area contributed by atoms with E-state index < -0.39 is 11.7 Å². The number of benzene rings is 4. The topological polar surface area (TPSA) is 42.0 Å². The summed E-state index contributed by atoms with van der Waals surface area (Å²) in [6, 6.07) is 24.8. The van der Waals surface area contributed by atoms with Gasteiger partial charge in [0.15, 0.2) is 5.78 Å². The van der Waals surface area contributed by atoms with Gasteiger partial charge in [-0.3, -0.25) is 9.78 Å². The maximum Gasteiger partial charge on any atom is 0.418 e. The third-order valence-corrected chi connectivity index (χ3v) is 6.72. The molecule has 0 saturated heterocycles. The lowest BCUT2D eigenvalue weighted by atomic mass is 9.91. The summed E-state index contributed by atoms with van der Waals surface area (Å²) in [6.45, 7) is 0.393. The molecule has 0 aliphatic carbocycles. The summed E-state index contributed by atoms with van der Waals surface area (Å²) in [5.41, 5.74) is 2.02. The van der Waals surface area contributed by atoms with Crippen molar-refractivity contribution in [3.8, 4) is 11.1 Å². The van der Waals surface area contributed by atoms with Crippen LogP contribution < -0.4 is 5.32 Å². The number of aromatic nitrogens is 1. The first-order valence-electron chi connectivity index (χ1n) is 11.6. The van der Waals surface area contributed by atoms with E-state index in [1.54, 1.807) is 66.7 Å². The molecule has 1 aromatic heterocycles. The zero-order chi connectivity index (χ0) is 26.9. The molecule has 0 saturated carbocycles. The standard InChI is InChI=1S/C30H19Cl2F3N2O/c31-21-13-12-20(26(32)15-21)16-36-22-9-4-8-19(14-22)27-23-10-5-11-25(30(33,34)35)28(23)37-17-24(27)29(38)18-6-2-1-3-7-18/h1-15,17,36H,16H2. The first kappa shape index (κ1) is 25.8. The first-order valence-corrected chi connectivity index (χ1v) is 12.3. The average molecular weight is 551 g/mol. The molecule has 0 radical (unpaired) electrons. The fraction of sp³-hybridized carbons (Fsp3) is 0.0667. The van der Waals surface area contributed by atoms with Crippen LogP contribution in [-0.4, -0.2) is 10.8 Å². The Balaban J connectivity index is 1.64. The van der Waals surface area contributed by atoms with Crippen molar-refractivity contribution in [2.75, 3.05) is 5.32 Å². The van der Waals surface area contributed by atoms with Crippen molar-refractivity contribution >= 4 is 45.6 Å². The fourth-order valence-corrected chi connectivity index (χ4v) is 4.80. The number of hydrogen-bond donors (Lipinski definition) is 1. The van der Waals surface area contributed by atoms with Crippen LogP contribution >= 0.6 is 23.2 Å². The second-order valence-electron chi connectivity index (χ2n) is 8.61. The number of carbonyl (C=O) groups excluding carboxylic acids is 1. The third kappa shape index (κ3) is 5.23. The highest BCUT2D eigenvalue weighted by molar-refractivity contribution is 6.35. The minimum Gasteiger partial charge on any atom is -0.381 e. The van der Waals surface area contributed by atoms with E-state index >= 15 is 0 Å². The average Bonchev–Trinajstić information content (AvgIpc) is 2.91. The van der Waals surface area contributed by atoms with E-state index in [4.69, 9.17) is 23.2 Å². The predicted octanol–water partition coefficient (Wildman–Crippen LogP) is 9.07. The van der Waals surface area contributed by atoms with Crippen LogP contribution in [0.3, 0.4) is 0 Å². The van der Waals surface area contributed by atoms with Crippen molar-refractivity contribution in [3.05, 3.63) is 129 Å². The Morgan fingerprint density at radius 2 is 1.63 bits per heavy atom. The van der Waals surface area contributed by atoms with E-state index in [1.165, 1.54) is 12.3 Å². The van der Waals surface area contributed by atoms with Gasteiger partial charge in [0.2, 0.25) is 0 Å². The summed E-state index contributed by atoms with van der Waals surface area (Å²) in [5, 5.41) is 4.56. The van der Waals surface area contributed by atoms with Crippen LogP contribution in [0.25, 0.3) is 22.0 Å². The number of anilines is 1. The number of ketones is 1. The predicted molar refractivity (Wildman–Crippen MR) is 146 cm³/mol. The maximum atomic E-state index is 13.8. The lowest BCUT2D eigenvalue weighted by Crippen LogP contribution is -2.09. The van der Waals surface area contributed by atoms with Crippen LogP contribution in [0.2, 0.25) is 10.0 Å². The van der Waals surface area contributed by atoms with Crippen LogP contribution in [0.1, 0.15) is 27.0 Å². The Morgan fingerprint density at radius 3 is 2.37 bits per heavy atom. The van der Waals surface area contributed by atoms with Crippen LogP contribution in [0.5, 0.6) is 0 Å². The molecule has 0 amide bonds. The zero-order valence-corrected chi connectivity index (χ0v) is 21.2. The van der Waals surface area contributed by atoms with E-state index in [0.717, 1.165) is 11.6 Å². The molecule has 0 bridgehead atoms. The smallest absolute Gasteiger partial charge is 0.381 e. The van der Waals surface area contributed by atoms with E-state index in [9.17, 15) is 18.0 Å². The Bertz CT molecular complexity index is 1650. The van der Waals surface area contributed by atoms with Gasteiger partial charge in [-0.1, -0.05) is 83.9 Å². The van der Waals surface area contributed by atoms with E-state index in [0.29, 0.717) is 39.0 Å². The van der Waals surface area contributed by atoms with Gasteiger partial charge in [0.05, 0.1) is 11.1 Å². The number of fused-ring (bicyclic) bond motifs is 1. The maximum absolute atomic E-state index is 13.8. The van der Waals surface area contributed by atoms with Crippen molar-refractivity contribution in [1.82, 2.24) is 4.98 Å².